The zero-order valence-electron chi connectivity index (χ0n) is 16.9. The van der Waals surface area contributed by atoms with Crippen LogP contribution < -0.4 is 24.0 Å². The smallest absolute Gasteiger partial charge is 0.223 e. The molecule has 0 atom stereocenters. The summed E-state index contributed by atoms with van der Waals surface area (Å²) in [6.45, 7) is 2.16. The van der Waals surface area contributed by atoms with Crippen molar-refractivity contribution in [3.8, 4) is 0 Å². The van der Waals surface area contributed by atoms with E-state index in [1.807, 2.05) is 24.3 Å². The van der Waals surface area contributed by atoms with Crippen molar-refractivity contribution in [3.05, 3.63) is 52.1 Å². The number of thiazole rings is 1. The summed E-state index contributed by atoms with van der Waals surface area (Å²) in [6, 6.07) is 7.63. The first kappa shape index (κ1) is 23.7. The van der Waals surface area contributed by atoms with Crippen LogP contribution in [-0.2, 0) is 4.74 Å². The molecule has 1 aromatic carbocycles. The number of likely N-dealkylation sites (N-methyl/N-ethyl adjacent to an activating group) is 1. The molecule has 0 saturated heterocycles. The number of hydrogen-bond acceptors (Lipinski definition) is 5. The fourth-order valence-electron chi connectivity index (χ4n) is 2.78. The van der Waals surface area contributed by atoms with Gasteiger partial charge < -0.3 is 38.2 Å². The molecule has 3 rings (SSSR count). The minimum Gasteiger partial charge on any atom is -1.00 e. The molecule has 6 nitrogen and oxygen atoms in total. The SMILES string of the molecule is C[N+](C)(C)CCOCCCC(=O)c1csc(C(=O)c2c[nH]c3ccccc23)n1.[I-]. The van der Waals surface area contributed by atoms with E-state index in [1.54, 1.807) is 11.6 Å². The summed E-state index contributed by atoms with van der Waals surface area (Å²) in [5, 5.41) is 2.87. The Hall–Kier alpha value is -1.62. The average molecular weight is 527 g/mol. The van der Waals surface area contributed by atoms with Crippen LogP contribution in [0.3, 0.4) is 0 Å². The lowest BCUT2D eigenvalue weighted by molar-refractivity contribution is -0.870. The Labute approximate surface area is 191 Å². The fraction of sp³-hybridized carbons (Fsp3) is 0.381. The molecule has 29 heavy (non-hydrogen) atoms. The van der Waals surface area contributed by atoms with Crippen LogP contribution in [0.4, 0.5) is 0 Å². The summed E-state index contributed by atoms with van der Waals surface area (Å²) in [5.41, 5.74) is 1.85. The molecule has 0 amide bonds. The molecule has 0 unspecified atom stereocenters. The number of carbonyl (C=O) groups excluding carboxylic acids is 2. The van der Waals surface area contributed by atoms with Crippen LogP contribution in [0.2, 0.25) is 0 Å². The Morgan fingerprint density at radius 1 is 1.17 bits per heavy atom. The predicted molar refractivity (Wildman–Crippen MR) is 111 cm³/mol. The Kier molecular flexibility index (Phi) is 8.50. The maximum Gasteiger partial charge on any atom is 0.223 e. The van der Waals surface area contributed by atoms with Crippen LogP contribution in [0.15, 0.2) is 35.8 Å². The number of aromatic amines is 1. The lowest BCUT2D eigenvalue weighted by Crippen LogP contribution is -3.00. The number of ether oxygens (including phenoxy) is 1. The lowest BCUT2D eigenvalue weighted by atomic mass is 10.1. The molecule has 0 bridgehead atoms. The molecule has 0 radical (unpaired) electrons. The van der Waals surface area contributed by atoms with Crippen molar-refractivity contribution in [2.75, 3.05) is 40.9 Å². The number of quaternary nitrogens is 1. The second-order valence-electron chi connectivity index (χ2n) is 7.77. The Morgan fingerprint density at radius 2 is 1.93 bits per heavy atom. The van der Waals surface area contributed by atoms with Gasteiger partial charge in [0.2, 0.25) is 5.78 Å². The number of benzene rings is 1. The topological polar surface area (TPSA) is 72.1 Å². The number of nitrogens with zero attached hydrogens (tertiary/aromatic N) is 2. The number of carbonyl (C=O) groups is 2. The molecule has 8 heteroatoms. The number of nitrogens with one attached hydrogen (secondary N) is 1. The summed E-state index contributed by atoms with van der Waals surface area (Å²) >= 11 is 1.21. The van der Waals surface area contributed by atoms with Crippen LogP contribution in [0, 0.1) is 0 Å². The monoisotopic (exact) mass is 527 g/mol. The number of para-hydroxylation sites is 1. The van der Waals surface area contributed by atoms with E-state index in [4.69, 9.17) is 4.74 Å². The average Bonchev–Trinajstić information content (AvgIpc) is 3.30. The van der Waals surface area contributed by atoms with Crippen LogP contribution >= 0.6 is 11.3 Å². The third-order valence-electron chi connectivity index (χ3n) is 4.42. The molecule has 0 aliphatic rings. The summed E-state index contributed by atoms with van der Waals surface area (Å²) in [4.78, 5) is 32.5. The number of ketones is 2. The van der Waals surface area contributed by atoms with E-state index in [1.165, 1.54) is 11.3 Å². The molecule has 2 aromatic heterocycles. The molecule has 156 valence electrons. The van der Waals surface area contributed by atoms with Crippen molar-refractivity contribution in [2.24, 2.45) is 0 Å². The number of H-pyrrole nitrogens is 1. The highest BCUT2D eigenvalue weighted by atomic mass is 127. The zero-order chi connectivity index (χ0) is 20.1. The number of fused-ring (bicyclic) bond motifs is 1. The van der Waals surface area contributed by atoms with E-state index in [9.17, 15) is 9.59 Å². The molecule has 3 aromatic rings. The van der Waals surface area contributed by atoms with Gasteiger partial charge in [0.25, 0.3) is 0 Å². The summed E-state index contributed by atoms with van der Waals surface area (Å²) < 4.78 is 6.44. The highest BCUT2D eigenvalue weighted by Gasteiger charge is 2.19. The number of Topliss-reactive ketones (excluding diaryl/α,β-unsaturated/α-hetero) is 1. The first-order chi connectivity index (χ1) is 13.3. The largest absolute Gasteiger partial charge is 1.00 e. The predicted octanol–water partition coefficient (Wildman–Crippen LogP) is 0.545. The summed E-state index contributed by atoms with van der Waals surface area (Å²) in [7, 11) is 6.35. The van der Waals surface area contributed by atoms with Gasteiger partial charge in [-0.15, -0.1) is 11.3 Å². The van der Waals surface area contributed by atoms with Gasteiger partial charge in [-0.2, -0.15) is 0 Å². The summed E-state index contributed by atoms with van der Waals surface area (Å²) in [6.07, 6.45) is 2.72. The molecule has 0 saturated carbocycles. The van der Waals surface area contributed by atoms with Crippen LogP contribution in [0.5, 0.6) is 0 Å². The lowest BCUT2D eigenvalue weighted by Gasteiger charge is -2.23. The van der Waals surface area contributed by atoms with E-state index in [0.717, 1.165) is 21.9 Å². The first-order valence-corrected chi connectivity index (χ1v) is 10.2. The number of halogens is 1. The van der Waals surface area contributed by atoms with Crippen LogP contribution in [-0.4, -0.2) is 66.9 Å². The molecule has 2 heterocycles. The first-order valence-electron chi connectivity index (χ1n) is 9.33. The van der Waals surface area contributed by atoms with Crippen molar-refractivity contribution in [1.82, 2.24) is 9.97 Å². The van der Waals surface area contributed by atoms with Gasteiger partial charge in [-0.25, -0.2) is 4.98 Å². The minimum absolute atomic E-state index is 0. The highest BCUT2D eigenvalue weighted by Crippen LogP contribution is 2.23. The second-order valence-corrected chi connectivity index (χ2v) is 8.63. The second kappa shape index (κ2) is 10.4. The van der Waals surface area contributed by atoms with Gasteiger partial charge in [0.05, 0.1) is 33.3 Å². The summed E-state index contributed by atoms with van der Waals surface area (Å²) in [5.74, 6) is -0.213. The van der Waals surface area contributed by atoms with Gasteiger partial charge in [0, 0.05) is 35.5 Å². The molecule has 0 aliphatic heterocycles. The third-order valence-corrected chi connectivity index (χ3v) is 5.26. The van der Waals surface area contributed by atoms with Crippen molar-refractivity contribution in [2.45, 2.75) is 12.8 Å². The van der Waals surface area contributed by atoms with Gasteiger partial charge in [-0.3, -0.25) is 9.59 Å². The molecule has 0 fully saturated rings. The van der Waals surface area contributed by atoms with Gasteiger partial charge in [-0.05, 0) is 12.5 Å². The van der Waals surface area contributed by atoms with E-state index < -0.39 is 0 Å². The molecular formula is C21H26IN3O3S. The Balaban J connectivity index is 0.00000300. The Bertz CT molecular complexity index is 975. The quantitative estimate of drug-likeness (QED) is 0.181. The van der Waals surface area contributed by atoms with Crippen molar-refractivity contribution < 1.29 is 42.8 Å². The van der Waals surface area contributed by atoms with Crippen LogP contribution in [0.25, 0.3) is 10.9 Å². The standard InChI is InChI=1S/C21H25N3O3S.HI/c1-24(2,3)10-12-27-11-6-9-19(25)18-14-28-21(23-18)20(26)16-13-22-17-8-5-4-7-15(16)17;/h4-5,7-8,13-14H,6,9-12H2,1-3H3;1H. The van der Waals surface area contributed by atoms with Crippen molar-refractivity contribution in [1.29, 1.82) is 0 Å². The van der Waals surface area contributed by atoms with Crippen LogP contribution in [0.1, 0.15) is 38.7 Å². The van der Waals surface area contributed by atoms with E-state index in [-0.39, 0.29) is 35.5 Å². The number of rotatable bonds is 10. The molecule has 1 N–H and O–H groups in total. The van der Waals surface area contributed by atoms with Gasteiger partial charge >= 0.3 is 0 Å². The highest BCUT2D eigenvalue weighted by molar-refractivity contribution is 7.12. The molecule has 0 aliphatic carbocycles. The molecule has 0 spiro atoms. The minimum atomic E-state index is -0.162. The Morgan fingerprint density at radius 3 is 2.69 bits per heavy atom. The number of aromatic nitrogens is 2. The van der Waals surface area contributed by atoms with Gasteiger partial charge in [0.15, 0.2) is 10.8 Å². The van der Waals surface area contributed by atoms with Gasteiger partial charge in [0.1, 0.15) is 12.2 Å². The molecular weight excluding hydrogens is 501 g/mol. The third kappa shape index (κ3) is 6.43. The van der Waals surface area contributed by atoms with E-state index in [0.29, 0.717) is 42.3 Å². The van der Waals surface area contributed by atoms with Crippen molar-refractivity contribution >= 4 is 33.8 Å². The fourth-order valence-corrected chi connectivity index (χ4v) is 3.56. The van der Waals surface area contributed by atoms with E-state index in [2.05, 4.69) is 31.1 Å². The van der Waals surface area contributed by atoms with E-state index >= 15 is 0 Å². The maximum atomic E-state index is 12.8. The number of hydrogen-bond donors (Lipinski definition) is 1. The maximum absolute atomic E-state index is 12.8. The zero-order valence-corrected chi connectivity index (χ0v) is 19.9. The normalized spacial score (nSPS) is 11.4. The van der Waals surface area contributed by atoms with Crippen molar-refractivity contribution in [3.63, 3.8) is 0 Å². The van der Waals surface area contributed by atoms with Gasteiger partial charge in [-0.1, -0.05) is 18.2 Å².